The van der Waals surface area contributed by atoms with Crippen LogP contribution in [0.4, 0.5) is 0 Å². The maximum atomic E-state index is 5.99. The molecule has 0 bridgehead atoms. The number of fused-ring (bicyclic) bond motifs is 1. The number of aryl methyl sites for hydroxylation is 1. The van der Waals surface area contributed by atoms with Gasteiger partial charge in [0.1, 0.15) is 5.82 Å². The minimum Gasteiger partial charge on any atom is -0.330 e. The molecule has 1 aromatic heterocycles. The Morgan fingerprint density at radius 1 is 1.47 bits per heavy atom. The van der Waals surface area contributed by atoms with Gasteiger partial charge in [-0.3, -0.25) is 0 Å². The van der Waals surface area contributed by atoms with E-state index in [0.29, 0.717) is 12.5 Å². The zero-order valence-electron chi connectivity index (χ0n) is 10.3. The summed E-state index contributed by atoms with van der Waals surface area (Å²) in [5, 5.41) is 0.733. The smallest absolute Gasteiger partial charge is 0.112 e. The van der Waals surface area contributed by atoms with Crippen LogP contribution in [0, 0.1) is 0 Å². The van der Waals surface area contributed by atoms with Gasteiger partial charge < -0.3 is 10.3 Å². The summed E-state index contributed by atoms with van der Waals surface area (Å²) in [7, 11) is 0. The summed E-state index contributed by atoms with van der Waals surface area (Å²) in [6, 6.07) is 5.86. The number of hydrogen-bond donors (Lipinski definition) is 1. The number of nitrogens with zero attached hydrogens (tertiary/aromatic N) is 2. The molecule has 0 saturated carbocycles. The highest BCUT2D eigenvalue weighted by Gasteiger charge is 2.15. The van der Waals surface area contributed by atoms with Gasteiger partial charge in [0.15, 0.2) is 0 Å². The van der Waals surface area contributed by atoms with Crippen molar-refractivity contribution in [3.63, 3.8) is 0 Å². The van der Waals surface area contributed by atoms with Gasteiger partial charge in [0, 0.05) is 17.5 Å². The van der Waals surface area contributed by atoms with Gasteiger partial charge in [0.25, 0.3) is 0 Å². The summed E-state index contributed by atoms with van der Waals surface area (Å²) in [6.45, 7) is 5.91. The van der Waals surface area contributed by atoms with E-state index in [2.05, 4.69) is 23.4 Å². The van der Waals surface area contributed by atoms with Gasteiger partial charge in [-0.25, -0.2) is 4.98 Å². The molecule has 17 heavy (non-hydrogen) atoms. The van der Waals surface area contributed by atoms with Crippen molar-refractivity contribution in [1.82, 2.24) is 9.55 Å². The normalized spacial score (nSPS) is 13.2. The van der Waals surface area contributed by atoms with Crippen molar-refractivity contribution in [3.8, 4) is 0 Å². The second-order valence-corrected chi connectivity index (χ2v) is 4.76. The Bertz CT molecular complexity index is 519. The van der Waals surface area contributed by atoms with E-state index < -0.39 is 0 Å². The maximum Gasteiger partial charge on any atom is 0.112 e. The van der Waals surface area contributed by atoms with Crippen molar-refractivity contribution < 1.29 is 0 Å². The second kappa shape index (κ2) is 5.07. The lowest BCUT2D eigenvalue weighted by Gasteiger charge is -2.12. The molecule has 0 spiro atoms. The molecule has 2 rings (SSSR count). The van der Waals surface area contributed by atoms with E-state index in [1.54, 1.807) is 0 Å². The van der Waals surface area contributed by atoms with E-state index in [4.69, 9.17) is 17.3 Å². The molecule has 0 aliphatic carbocycles. The molecule has 0 saturated heterocycles. The average molecular weight is 252 g/mol. The minimum absolute atomic E-state index is 0.381. The molecule has 1 heterocycles. The Hall–Kier alpha value is -1.06. The van der Waals surface area contributed by atoms with Crippen LogP contribution in [-0.2, 0) is 6.54 Å². The first-order chi connectivity index (χ1) is 8.17. The zero-order chi connectivity index (χ0) is 12.4. The summed E-state index contributed by atoms with van der Waals surface area (Å²) in [5.41, 5.74) is 7.74. The van der Waals surface area contributed by atoms with Crippen LogP contribution in [0.15, 0.2) is 18.2 Å². The van der Waals surface area contributed by atoms with Gasteiger partial charge in [0.05, 0.1) is 11.0 Å². The fraction of sp³-hybridized carbons (Fsp3) is 0.462. The number of hydrogen-bond acceptors (Lipinski definition) is 2. The predicted molar refractivity (Wildman–Crippen MR) is 72.5 cm³/mol. The van der Waals surface area contributed by atoms with Crippen LogP contribution in [0.3, 0.4) is 0 Å². The SMILES string of the molecule is CCn1c(C(C)CCN)nc2cc(Cl)ccc21. The first-order valence-electron chi connectivity index (χ1n) is 6.03. The molecule has 1 unspecified atom stereocenters. The molecule has 0 amide bonds. The molecule has 0 aliphatic heterocycles. The lowest BCUT2D eigenvalue weighted by Crippen LogP contribution is -2.10. The first kappa shape index (κ1) is 12.4. The molecule has 4 heteroatoms. The summed E-state index contributed by atoms with van der Waals surface area (Å²) in [4.78, 5) is 4.69. The lowest BCUT2D eigenvalue weighted by atomic mass is 10.1. The van der Waals surface area contributed by atoms with Gasteiger partial charge in [-0.1, -0.05) is 18.5 Å². The Balaban J connectivity index is 2.55. The van der Waals surface area contributed by atoms with Crippen LogP contribution < -0.4 is 5.73 Å². The topological polar surface area (TPSA) is 43.8 Å². The van der Waals surface area contributed by atoms with Crippen molar-refractivity contribution >= 4 is 22.6 Å². The van der Waals surface area contributed by atoms with Gasteiger partial charge in [-0.15, -0.1) is 0 Å². The maximum absolute atomic E-state index is 5.99. The second-order valence-electron chi connectivity index (χ2n) is 4.33. The average Bonchev–Trinajstić information content (AvgIpc) is 2.66. The lowest BCUT2D eigenvalue weighted by molar-refractivity contribution is 0.599. The third-order valence-electron chi connectivity index (χ3n) is 3.10. The van der Waals surface area contributed by atoms with Crippen molar-refractivity contribution in [2.75, 3.05) is 6.54 Å². The van der Waals surface area contributed by atoms with Crippen molar-refractivity contribution in [2.45, 2.75) is 32.7 Å². The number of imidazole rings is 1. The fourth-order valence-electron chi connectivity index (χ4n) is 2.21. The summed E-state index contributed by atoms with van der Waals surface area (Å²) in [6.07, 6.45) is 0.955. The van der Waals surface area contributed by atoms with Crippen LogP contribution in [0.1, 0.15) is 32.0 Å². The number of rotatable bonds is 4. The minimum atomic E-state index is 0.381. The van der Waals surface area contributed by atoms with Gasteiger partial charge >= 0.3 is 0 Å². The van der Waals surface area contributed by atoms with Gasteiger partial charge in [-0.2, -0.15) is 0 Å². The molecular formula is C13H18ClN3. The summed E-state index contributed by atoms with van der Waals surface area (Å²) >= 11 is 5.99. The Morgan fingerprint density at radius 2 is 2.24 bits per heavy atom. The molecule has 1 atom stereocenters. The molecule has 2 aromatic rings. The quantitative estimate of drug-likeness (QED) is 0.907. The molecule has 0 fully saturated rings. The number of halogens is 1. The zero-order valence-corrected chi connectivity index (χ0v) is 11.0. The van der Waals surface area contributed by atoms with Crippen LogP contribution in [0.2, 0.25) is 5.02 Å². The highest BCUT2D eigenvalue weighted by Crippen LogP contribution is 2.25. The van der Waals surface area contributed by atoms with Crippen molar-refractivity contribution in [1.29, 1.82) is 0 Å². The highest BCUT2D eigenvalue weighted by atomic mass is 35.5. The molecular weight excluding hydrogens is 234 g/mol. The van der Waals surface area contributed by atoms with E-state index in [-0.39, 0.29) is 0 Å². The predicted octanol–water partition coefficient (Wildman–Crippen LogP) is 3.16. The summed E-state index contributed by atoms with van der Waals surface area (Å²) in [5.74, 6) is 1.49. The van der Waals surface area contributed by atoms with E-state index in [0.717, 1.165) is 34.8 Å². The molecule has 2 N–H and O–H groups in total. The molecule has 0 radical (unpaired) electrons. The van der Waals surface area contributed by atoms with Gasteiger partial charge in [0.2, 0.25) is 0 Å². The highest BCUT2D eigenvalue weighted by molar-refractivity contribution is 6.31. The standard InChI is InChI=1S/C13H18ClN3/c1-3-17-12-5-4-10(14)8-11(12)16-13(17)9(2)6-7-15/h4-5,8-9H,3,6-7,15H2,1-2H3. The van der Waals surface area contributed by atoms with E-state index >= 15 is 0 Å². The van der Waals surface area contributed by atoms with E-state index in [1.807, 2.05) is 18.2 Å². The monoisotopic (exact) mass is 251 g/mol. The number of benzene rings is 1. The van der Waals surface area contributed by atoms with E-state index in [1.165, 1.54) is 0 Å². The summed E-state index contributed by atoms with van der Waals surface area (Å²) < 4.78 is 2.24. The number of nitrogens with two attached hydrogens (primary N) is 1. The molecule has 1 aromatic carbocycles. The van der Waals surface area contributed by atoms with Crippen LogP contribution >= 0.6 is 11.6 Å². The Labute approximate surface area is 107 Å². The largest absolute Gasteiger partial charge is 0.330 e. The Kier molecular flexibility index (Phi) is 3.69. The van der Waals surface area contributed by atoms with Crippen LogP contribution in [0.5, 0.6) is 0 Å². The van der Waals surface area contributed by atoms with E-state index in [9.17, 15) is 0 Å². The van der Waals surface area contributed by atoms with Gasteiger partial charge in [-0.05, 0) is 38.1 Å². The molecule has 0 aliphatic rings. The van der Waals surface area contributed by atoms with Crippen molar-refractivity contribution in [3.05, 3.63) is 29.0 Å². The van der Waals surface area contributed by atoms with Crippen molar-refractivity contribution in [2.24, 2.45) is 5.73 Å². The molecule has 92 valence electrons. The Morgan fingerprint density at radius 3 is 2.88 bits per heavy atom. The third kappa shape index (κ3) is 2.31. The molecule has 3 nitrogen and oxygen atoms in total. The number of aromatic nitrogens is 2. The van der Waals surface area contributed by atoms with Crippen LogP contribution in [0.25, 0.3) is 11.0 Å². The van der Waals surface area contributed by atoms with Crippen LogP contribution in [-0.4, -0.2) is 16.1 Å². The fourth-order valence-corrected chi connectivity index (χ4v) is 2.38. The third-order valence-corrected chi connectivity index (χ3v) is 3.33. The first-order valence-corrected chi connectivity index (χ1v) is 6.41.